The Morgan fingerprint density at radius 1 is 1.05 bits per heavy atom. The van der Waals surface area contributed by atoms with Crippen LogP contribution in [0.5, 0.6) is 0 Å². The molecule has 2 fully saturated rings. The third kappa shape index (κ3) is 8.29. The SMILES string of the molecule is CCOC(=O)C(c1ccc(-n2ccc(NC(=O)N3CCNCC3)nc2=O)cc1)N1CCC(NC(=O)OC(C)(C)C)CC1. The van der Waals surface area contributed by atoms with Crippen molar-refractivity contribution < 1.29 is 23.9 Å². The Labute approximate surface area is 245 Å². The molecule has 1 atom stereocenters. The largest absolute Gasteiger partial charge is 0.465 e. The predicted octanol–water partition coefficient (Wildman–Crippen LogP) is 2.26. The number of anilines is 1. The van der Waals surface area contributed by atoms with Crippen LogP contribution in [0.15, 0.2) is 41.3 Å². The minimum absolute atomic E-state index is 0.0506. The van der Waals surface area contributed by atoms with Crippen molar-refractivity contribution in [3.8, 4) is 5.69 Å². The Morgan fingerprint density at radius 3 is 2.31 bits per heavy atom. The van der Waals surface area contributed by atoms with Crippen molar-refractivity contribution in [2.24, 2.45) is 0 Å². The summed E-state index contributed by atoms with van der Waals surface area (Å²) >= 11 is 0. The van der Waals surface area contributed by atoms with Gasteiger partial charge in [0.1, 0.15) is 17.5 Å². The molecule has 13 heteroatoms. The minimum Gasteiger partial charge on any atom is -0.465 e. The summed E-state index contributed by atoms with van der Waals surface area (Å²) in [5.41, 5.74) is 0.189. The van der Waals surface area contributed by atoms with Gasteiger partial charge in [-0.15, -0.1) is 0 Å². The van der Waals surface area contributed by atoms with E-state index in [-0.39, 0.29) is 30.5 Å². The summed E-state index contributed by atoms with van der Waals surface area (Å²) in [6.07, 6.45) is 2.43. The Morgan fingerprint density at radius 2 is 1.71 bits per heavy atom. The lowest BCUT2D eigenvalue weighted by atomic mass is 9.99. The number of nitrogens with zero attached hydrogens (tertiary/aromatic N) is 4. The number of piperazine rings is 1. The van der Waals surface area contributed by atoms with Gasteiger partial charge in [0.05, 0.1) is 12.3 Å². The first-order valence-electron chi connectivity index (χ1n) is 14.4. The number of aromatic nitrogens is 2. The summed E-state index contributed by atoms with van der Waals surface area (Å²) in [7, 11) is 0. The number of carbonyl (C=O) groups is 3. The first kappa shape index (κ1) is 31.0. The molecule has 1 aromatic heterocycles. The fourth-order valence-electron chi connectivity index (χ4n) is 5.04. The zero-order valence-electron chi connectivity index (χ0n) is 24.7. The highest BCUT2D eigenvalue weighted by atomic mass is 16.6. The summed E-state index contributed by atoms with van der Waals surface area (Å²) in [5, 5.41) is 8.79. The van der Waals surface area contributed by atoms with E-state index in [1.807, 2.05) is 25.7 Å². The van der Waals surface area contributed by atoms with Crippen LogP contribution in [0.3, 0.4) is 0 Å². The van der Waals surface area contributed by atoms with Gasteiger partial charge in [-0.3, -0.25) is 14.8 Å². The molecule has 3 heterocycles. The van der Waals surface area contributed by atoms with Crippen LogP contribution in [0.4, 0.5) is 15.4 Å². The number of rotatable bonds is 7. The van der Waals surface area contributed by atoms with E-state index in [1.54, 1.807) is 48.4 Å². The number of benzene rings is 1. The molecular formula is C29H41N7O6. The molecule has 0 saturated carbocycles. The topological polar surface area (TPSA) is 147 Å². The molecule has 0 bridgehead atoms. The van der Waals surface area contributed by atoms with E-state index in [2.05, 4.69) is 20.9 Å². The van der Waals surface area contributed by atoms with Crippen molar-refractivity contribution in [2.75, 3.05) is 51.2 Å². The molecule has 3 N–H and O–H groups in total. The molecule has 42 heavy (non-hydrogen) atoms. The van der Waals surface area contributed by atoms with Gasteiger partial charge in [0.15, 0.2) is 0 Å². The average molecular weight is 584 g/mol. The standard InChI is InChI=1S/C29H41N7O6/c1-5-41-25(37)24(34-15-10-21(11-16-34)31-28(40)42-29(2,3)4)20-6-8-22(9-7-20)36-17-12-23(33-27(36)39)32-26(38)35-18-13-30-14-19-35/h6-9,12,17,21,24,30H,5,10-11,13-16,18-19H2,1-4H3,(H,31,40)(H,32,33,38,39). The Bertz CT molecular complexity index is 1290. The van der Waals surface area contributed by atoms with Crippen molar-refractivity contribution in [2.45, 2.75) is 58.2 Å². The third-order valence-corrected chi connectivity index (χ3v) is 7.06. The summed E-state index contributed by atoms with van der Waals surface area (Å²) < 4.78 is 12.1. The molecule has 1 unspecified atom stereocenters. The number of carbonyl (C=O) groups excluding carboxylic acids is 3. The van der Waals surface area contributed by atoms with Crippen molar-refractivity contribution >= 4 is 23.9 Å². The highest BCUT2D eigenvalue weighted by molar-refractivity contribution is 5.88. The maximum Gasteiger partial charge on any atom is 0.407 e. The van der Waals surface area contributed by atoms with Crippen molar-refractivity contribution in [1.29, 1.82) is 0 Å². The van der Waals surface area contributed by atoms with E-state index in [9.17, 15) is 19.2 Å². The molecule has 228 valence electrons. The molecule has 13 nitrogen and oxygen atoms in total. The van der Waals surface area contributed by atoms with Gasteiger partial charge in [0.25, 0.3) is 0 Å². The van der Waals surface area contributed by atoms with Crippen LogP contribution < -0.4 is 21.6 Å². The number of hydrogen-bond donors (Lipinski definition) is 3. The van der Waals surface area contributed by atoms with Crippen LogP contribution in [0.2, 0.25) is 0 Å². The molecule has 2 aromatic rings. The lowest BCUT2D eigenvalue weighted by Gasteiger charge is -2.37. The number of nitrogens with one attached hydrogen (secondary N) is 3. The lowest BCUT2D eigenvalue weighted by molar-refractivity contribution is -0.150. The van der Waals surface area contributed by atoms with Gasteiger partial charge in [-0.2, -0.15) is 4.98 Å². The average Bonchev–Trinajstić information content (AvgIpc) is 2.94. The molecule has 4 rings (SSSR count). The van der Waals surface area contributed by atoms with Crippen LogP contribution >= 0.6 is 0 Å². The summed E-state index contributed by atoms with van der Waals surface area (Å²) in [4.78, 5) is 58.2. The Balaban J connectivity index is 1.42. The van der Waals surface area contributed by atoms with Crippen molar-refractivity contribution in [3.05, 3.63) is 52.6 Å². The molecule has 2 saturated heterocycles. The minimum atomic E-state index is -0.626. The number of alkyl carbamates (subject to hydrolysis) is 1. The van der Waals surface area contributed by atoms with Crippen LogP contribution in [0, 0.1) is 0 Å². The summed E-state index contributed by atoms with van der Waals surface area (Å²) in [6, 6.07) is 7.71. The Kier molecular flexibility index (Phi) is 10.2. The lowest BCUT2D eigenvalue weighted by Crippen LogP contribution is -2.48. The predicted molar refractivity (Wildman–Crippen MR) is 157 cm³/mol. The molecule has 2 aliphatic heterocycles. The molecule has 3 amide bonds. The van der Waals surface area contributed by atoms with Gasteiger partial charge in [0.2, 0.25) is 0 Å². The maximum absolute atomic E-state index is 13.0. The van der Waals surface area contributed by atoms with Crippen LogP contribution in [-0.2, 0) is 14.3 Å². The first-order valence-corrected chi connectivity index (χ1v) is 14.4. The normalized spacial score (nSPS) is 17.3. The molecule has 0 spiro atoms. The third-order valence-electron chi connectivity index (χ3n) is 7.06. The van der Waals surface area contributed by atoms with E-state index in [4.69, 9.17) is 9.47 Å². The summed E-state index contributed by atoms with van der Waals surface area (Å²) in [6.45, 7) is 11.3. The smallest absolute Gasteiger partial charge is 0.407 e. The van der Waals surface area contributed by atoms with Crippen LogP contribution in [-0.4, -0.2) is 95.0 Å². The van der Waals surface area contributed by atoms with Gasteiger partial charge in [-0.05, 0) is 64.3 Å². The molecule has 0 aliphatic carbocycles. The quantitative estimate of drug-likeness (QED) is 0.418. The van der Waals surface area contributed by atoms with Gasteiger partial charge < -0.3 is 25.0 Å². The summed E-state index contributed by atoms with van der Waals surface area (Å²) in [5.74, 6) is -0.171. The van der Waals surface area contributed by atoms with Crippen molar-refractivity contribution in [3.63, 3.8) is 0 Å². The number of piperidine rings is 1. The highest BCUT2D eigenvalue weighted by Crippen LogP contribution is 2.27. The molecular weight excluding hydrogens is 542 g/mol. The molecule has 2 aliphatic rings. The zero-order valence-corrected chi connectivity index (χ0v) is 24.7. The number of urea groups is 1. The van der Waals surface area contributed by atoms with Gasteiger partial charge in [0, 0.05) is 51.5 Å². The van der Waals surface area contributed by atoms with Gasteiger partial charge in [-0.25, -0.2) is 19.2 Å². The Hall–Kier alpha value is -3.97. The van der Waals surface area contributed by atoms with E-state index in [0.29, 0.717) is 44.7 Å². The van der Waals surface area contributed by atoms with Gasteiger partial charge >= 0.3 is 23.8 Å². The monoisotopic (exact) mass is 583 g/mol. The highest BCUT2D eigenvalue weighted by Gasteiger charge is 2.33. The van der Waals surface area contributed by atoms with Crippen LogP contribution in [0.25, 0.3) is 5.69 Å². The fourth-order valence-corrected chi connectivity index (χ4v) is 5.04. The second kappa shape index (κ2) is 13.8. The number of esters is 1. The van der Waals surface area contributed by atoms with E-state index in [1.165, 1.54) is 4.57 Å². The number of amides is 3. The zero-order chi connectivity index (χ0) is 30.3. The molecule has 1 aromatic carbocycles. The van der Waals surface area contributed by atoms with Crippen LogP contribution in [0.1, 0.15) is 52.1 Å². The van der Waals surface area contributed by atoms with Gasteiger partial charge in [-0.1, -0.05) is 12.1 Å². The van der Waals surface area contributed by atoms with E-state index < -0.39 is 23.4 Å². The number of hydrogen-bond acceptors (Lipinski definition) is 9. The second-order valence-electron chi connectivity index (χ2n) is 11.3. The maximum atomic E-state index is 13.0. The number of ether oxygens (including phenoxy) is 2. The van der Waals surface area contributed by atoms with Crippen molar-refractivity contribution in [1.82, 2.24) is 30.0 Å². The van der Waals surface area contributed by atoms with E-state index in [0.717, 1.165) is 18.7 Å². The number of likely N-dealkylation sites (tertiary alicyclic amines) is 1. The fraction of sp³-hybridized carbons (Fsp3) is 0.552. The first-order chi connectivity index (χ1) is 20.0. The van der Waals surface area contributed by atoms with E-state index >= 15 is 0 Å². The molecule has 0 radical (unpaired) electrons. The second-order valence-corrected chi connectivity index (χ2v) is 11.3.